The number of rotatable bonds is 0. The zero-order valence-electron chi connectivity index (χ0n) is 14.1. The van der Waals surface area contributed by atoms with E-state index in [1.165, 1.54) is 0 Å². The minimum Gasteiger partial charge on any atom is -0.255 e. The Hall–Kier alpha value is -0.210. The first-order chi connectivity index (χ1) is 8.00. The van der Waals surface area contributed by atoms with Gasteiger partial charge in [-0.3, -0.25) is 13.2 Å². The van der Waals surface area contributed by atoms with Gasteiger partial charge in [-0.05, 0) is 0 Å². The highest BCUT2D eigenvalue weighted by molar-refractivity contribution is 3.51. The van der Waals surface area contributed by atoms with E-state index >= 15 is 0 Å². The van der Waals surface area contributed by atoms with E-state index < -0.39 is 0 Å². The molecule has 0 rings (SSSR count). The van der Waals surface area contributed by atoms with Crippen LogP contribution in [0.2, 0.25) is 0 Å². The van der Waals surface area contributed by atoms with E-state index in [2.05, 4.69) is 0 Å². The summed E-state index contributed by atoms with van der Waals surface area (Å²) in [5.74, 6) is 0. The van der Waals surface area contributed by atoms with Gasteiger partial charge < -0.3 is 0 Å². The average Bonchev–Trinajstić information content (AvgIpc) is 2.54. The molecule has 16 heavy (non-hydrogen) atoms. The zero-order chi connectivity index (χ0) is 16.0. The second kappa shape index (κ2) is 63800. The molecule has 0 saturated carbocycles. The minimum absolute atomic E-state index is 0.500. The van der Waals surface area contributed by atoms with Crippen LogP contribution in [0.5, 0.6) is 0 Å². The Labute approximate surface area is 105 Å². The van der Waals surface area contributed by atoms with Gasteiger partial charge in [0.15, 0.2) is 0 Å². The van der Waals surface area contributed by atoms with Crippen LogP contribution in [0.15, 0.2) is 0 Å². The lowest BCUT2D eigenvalue weighted by molar-refractivity contribution is 0.635. The molecule has 0 radical (unpaired) electrons. The Bertz CT molecular complexity index is 11.1. The standard InChI is InChI=1S/5C2H6.3CH3F/c8*1-2/h5*1-2H3;3*1H3/i;;;;;3*2-1. The summed E-state index contributed by atoms with van der Waals surface area (Å²) in [4.78, 5) is 0. The van der Waals surface area contributed by atoms with Crippen molar-refractivity contribution in [3.63, 3.8) is 0 Å². The molecular formula is C13H39F3. The summed E-state index contributed by atoms with van der Waals surface area (Å²) in [5, 5.41) is 0. The fourth-order valence-electron chi connectivity index (χ4n) is 0. The van der Waals surface area contributed by atoms with Crippen molar-refractivity contribution in [2.75, 3.05) is 21.5 Å². The highest BCUT2D eigenvalue weighted by Crippen LogP contribution is 1.16. The van der Waals surface area contributed by atoms with Crippen molar-refractivity contribution in [3.8, 4) is 0 Å². The fraction of sp³-hybridized carbons (Fsp3) is 1.00. The normalized spacial score (nSPS) is 3.00. The van der Waals surface area contributed by atoms with Gasteiger partial charge in [0.2, 0.25) is 0 Å². The van der Waals surface area contributed by atoms with Crippen molar-refractivity contribution in [2.45, 2.75) is 69.2 Å². The first-order valence-corrected chi connectivity index (χ1v) is 6.13. The molecular weight excluding hydrogens is 210 g/mol. The maximum atomic E-state index is 9.50. The van der Waals surface area contributed by atoms with Crippen molar-refractivity contribution in [1.29, 1.82) is 0 Å². The third-order valence-corrected chi connectivity index (χ3v) is 0. The monoisotopic (exact) mass is 249 g/mol. The van der Waals surface area contributed by atoms with Gasteiger partial charge in [-0.25, -0.2) is 0 Å². The predicted octanol–water partition coefficient (Wildman–Crippen LogP) is 6.89. The second-order valence-corrected chi connectivity index (χ2v) is 0. The van der Waals surface area contributed by atoms with Crippen LogP contribution < -0.4 is 0 Å². The molecule has 0 fully saturated rings. The van der Waals surface area contributed by atoms with Crippen molar-refractivity contribution < 1.29 is 13.2 Å². The molecule has 0 aliphatic carbocycles. The summed E-state index contributed by atoms with van der Waals surface area (Å²) in [5.41, 5.74) is 0. The van der Waals surface area contributed by atoms with E-state index in [0.29, 0.717) is 21.5 Å². The lowest BCUT2D eigenvalue weighted by atomic mass is 11.0. The summed E-state index contributed by atoms with van der Waals surface area (Å²) >= 11 is 0. The fourth-order valence-corrected chi connectivity index (χ4v) is 0. The predicted molar refractivity (Wildman–Crippen MR) is 77.8 cm³/mol. The van der Waals surface area contributed by atoms with Crippen LogP contribution in [-0.4, -0.2) is 21.5 Å². The number of hydrogen-bond acceptors (Lipinski definition) is 0. The Morgan fingerprint density at radius 1 is 0.250 bits per heavy atom. The highest BCUT2D eigenvalue weighted by atomic mass is 18.2. The summed E-state index contributed by atoms with van der Waals surface area (Å²) < 4.78 is 28.5. The number of halogens is 3. The van der Waals surface area contributed by atoms with E-state index in [1.807, 2.05) is 69.2 Å². The Kier molecular flexibility index (Phi) is 227000. The smallest absolute Gasteiger partial charge is 0.0785 e. The van der Waals surface area contributed by atoms with Gasteiger partial charge in [-0.1, -0.05) is 69.2 Å². The van der Waals surface area contributed by atoms with E-state index in [1.54, 1.807) is 0 Å². The molecule has 0 N–H and O–H groups in total. The van der Waals surface area contributed by atoms with Gasteiger partial charge >= 0.3 is 0 Å². The van der Waals surface area contributed by atoms with Crippen LogP contribution in [0.4, 0.5) is 13.2 Å². The molecule has 0 aromatic heterocycles. The van der Waals surface area contributed by atoms with Crippen LogP contribution in [0.1, 0.15) is 69.2 Å². The van der Waals surface area contributed by atoms with Gasteiger partial charge in [0.25, 0.3) is 0 Å². The van der Waals surface area contributed by atoms with E-state index in [0.717, 1.165) is 0 Å². The molecule has 112 valence electrons. The van der Waals surface area contributed by atoms with Crippen LogP contribution in [0.25, 0.3) is 0 Å². The maximum absolute atomic E-state index is 9.50. The maximum Gasteiger partial charge on any atom is 0.0785 e. The topological polar surface area (TPSA) is 0 Å². The summed E-state index contributed by atoms with van der Waals surface area (Å²) in [6.45, 7) is 20.0. The first-order valence-electron chi connectivity index (χ1n) is 6.13. The van der Waals surface area contributed by atoms with E-state index in [4.69, 9.17) is 0 Å². The van der Waals surface area contributed by atoms with Gasteiger partial charge in [-0.15, -0.1) is 0 Å². The van der Waals surface area contributed by atoms with Crippen molar-refractivity contribution in [3.05, 3.63) is 0 Å². The van der Waals surface area contributed by atoms with Crippen molar-refractivity contribution >= 4 is 0 Å². The van der Waals surface area contributed by atoms with Gasteiger partial charge in [0, 0.05) is 0 Å². The van der Waals surface area contributed by atoms with Crippen LogP contribution in [0.3, 0.4) is 0 Å². The molecule has 0 aromatic rings. The molecule has 0 saturated heterocycles. The van der Waals surface area contributed by atoms with Crippen LogP contribution in [-0.2, 0) is 0 Å². The molecule has 0 aliphatic heterocycles. The molecule has 0 nitrogen and oxygen atoms in total. The SMILES string of the molecule is CC.CC.CC.CC.CC.C[18F].C[18F].C[18F]. The molecule has 3 heteroatoms. The molecule has 0 bridgehead atoms. The second-order valence-electron chi connectivity index (χ2n) is 0. The van der Waals surface area contributed by atoms with Crippen LogP contribution in [0, 0.1) is 0 Å². The largest absolute Gasteiger partial charge is 0.255 e. The molecule has 0 atom stereocenters. The third-order valence-electron chi connectivity index (χ3n) is 0. The highest BCUT2D eigenvalue weighted by Gasteiger charge is 0.944. The molecule has 0 amide bonds. The molecule has 0 spiro atoms. The van der Waals surface area contributed by atoms with Crippen molar-refractivity contribution in [2.24, 2.45) is 0 Å². The van der Waals surface area contributed by atoms with Gasteiger partial charge in [-0.2, -0.15) is 0 Å². The van der Waals surface area contributed by atoms with E-state index in [-0.39, 0.29) is 0 Å². The average molecular weight is 249 g/mol. The Morgan fingerprint density at radius 3 is 0.250 bits per heavy atom. The third kappa shape index (κ3) is 51200. The molecule has 0 unspecified atom stereocenters. The zero-order valence-corrected chi connectivity index (χ0v) is 14.1. The molecule has 0 aromatic carbocycles. The molecule has 0 aliphatic rings. The van der Waals surface area contributed by atoms with Crippen molar-refractivity contribution in [1.82, 2.24) is 0 Å². The quantitative estimate of drug-likeness (QED) is 0.438. The van der Waals surface area contributed by atoms with Gasteiger partial charge in [0.05, 0.1) is 21.5 Å². The molecule has 0 heterocycles. The summed E-state index contributed by atoms with van der Waals surface area (Å²) in [6, 6.07) is 0. The Morgan fingerprint density at radius 2 is 0.250 bits per heavy atom. The number of alkyl halides is 3. The lowest BCUT2D eigenvalue weighted by Crippen LogP contribution is -0.939. The number of hydrogen-bond donors (Lipinski definition) is 0. The first kappa shape index (κ1) is 56.9. The minimum atomic E-state index is 0.500. The summed E-state index contributed by atoms with van der Waals surface area (Å²) in [6.07, 6.45) is 0. The van der Waals surface area contributed by atoms with Crippen LogP contribution >= 0.6 is 0 Å². The van der Waals surface area contributed by atoms with Gasteiger partial charge in [0.1, 0.15) is 0 Å². The Balaban J connectivity index is -0.00000000762. The van der Waals surface area contributed by atoms with E-state index in [9.17, 15) is 13.2 Å². The summed E-state index contributed by atoms with van der Waals surface area (Å²) in [7, 11) is 1.50. The lowest BCUT2D eigenvalue weighted by Gasteiger charge is -1.10.